The number of ketones is 1. The van der Waals surface area contributed by atoms with E-state index in [-0.39, 0.29) is 19.0 Å². The molecule has 30 heavy (non-hydrogen) atoms. The summed E-state index contributed by atoms with van der Waals surface area (Å²) in [6.07, 6.45) is 10.6. The van der Waals surface area contributed by atoms with Crippen LogP contribution < -0.4 is 0 Å². The van der Waals surface area contributed by atoms with Crippen LogP contribution in [-0.2, 0) is 19.1 Å². The highest BCUT2D eigenvalue weighted by Crippen LogP contribution is 2.49. The molecule has 0 radical (unpaired) electrons. The summed E-state index contributed by atoms with van der Waals surface area (Å²) in [4.78, 5) is 23.9. The lowest BCUT2D eigenvalue weighted by molar-refractivity contribution is -0.146. The molecule has 0 amide bonds. The molecule has 1 aliphatic carbocycles. The molecule has 166 valence electrons. The Morgan fingerprint density at radius 1 is 1.07 bits per heavy atom. The fourth-order valence-electron chi connectivity index (χ4n) is 3.67. The fourth-order valence-corrected chi connectivity index (χ4v) is 3.67. The Morgan fingerprint density at radius 2 is 1.67 bits per heavy atom. The SMILES string of the molecule is CC(=O)O[C@@H]1C(CO)=CC(=O)[C@]2(C/C=C(\C)CC/C=C(\C)CC/C=C(\C)CO)O[C@H]12. The van der Waals surface area contributed by atoms with Gasteiger partial charge in [-0.05, 0) is 52.5 Å². The van der Waals surface area contributed by atoms with E-state index in [2.05, 4.69) is 19.1 Å². The van der Waals surface area contributed by atoms with E-state index in [1.807, 2.05) is 19.9 Å². The lowest BCUT2D eigenvalue weighted by Crippen LogP contribution is -2.40. The van der Waals surface area contributed by atoms with Gasteiger partial charge < -0.3 is 19.7 Å². The first-order valence-corrected chi connectivity index (χ1v) is 10.5. The molecule has 1 heterocycles. The summed E-state index contributed by atoms with van der Waals surface area (Å²) < 4.78 is 11.0. The van der Waals surface area contributed by atoms with E-state index in [4.69, 9.17) is 14.6 Å². The monoisotopic (exact) mass is 418 g/mol. The van der Waals surface area contributed by atoms with E-state index in [1.54, 1.807) is 0 Å². The molecular formula is C24H34O6. The quantitative estimate of drug-likeness (QED) is 0.303. The standard InChI is InChI=1S/C24H34O6/c1-16(8-6-10-18(3)14-25)7-5-9-17(2)11-12-24-21(28)13-20(15-26)22(23(24)30-24)29-19(4)27/h7,10-11,13,22-23,25-26H,5-6,8-9,12,14-15H2,1-4H3/b16-7+,17-11+,18-10+/t22-,23-,24+/m1/s1. The van der Waals surface area contributed by atoms with Crippen LogP contribution >= 0.6 is 0 Å². The van der Waals surface area contributed by atoms with Crippen LogP contribution in [0.25, 0.3) is 0 Å². The maximum absolute atomic E-state index is 12.5. The second-order valence-electron chi connectivity index (χ2n) is 8.29. The summed E-state index contributed by atoms with van der Waals surface area (Å²) in [7, 11) is 0. The van der Waals surface area contributed by atoms with Crippen molar-refractivity contribution >= 4 is 11.8 Å². The van der Waals surface area contributed by atoms with Crippen molar-refractivity contribution in [1.29, 1.82) is 0 Å². The van der Waals surface area contributed by atoms with Gasteiger partial charge in [-0.1, -0.05) is 34.9 Å². The number of carbonyl (C=O) groups is 2. The summed E-state index contributed by atoms with van der Waals surface area (Å²) in [6.45, 7) is 7.15. The predicted octanol–water partition coefficient (Wildman–Crippen LogP) is 3.34. The number of allylic oxidation sites excluding steroid dienone is 4. The smallest absolute Gasteiger partial charge is 0.303 e. The molecule has 1 aliphatic heterocycles. The molecule has 0 saturated carbocycles. The molecule has 0 unspecified atom stereocenters. The molecule has 1 saturated heterocycles. The van der Waals surface area contributed by atoms with E-state index >= 15 is 0 Å². The summed E-state index contributed by atoms with van der Waals surface area (Å²) in [5.74, 6) is -0.639. The van der Waals surface area contributed by atoms with Crippen molar-refractivity contribution in [1.82, 2.24) is 0 Å². The van der Waals surface area contributed by atoms with Gasteiger partial charge in [0.1, 0.15) is 6.10 Å². The number of ether oxygens (including phenoxy) is 2. The highest BCUT2D eigenvalue weighted by Gasteiger charge is 2.67. The van der Waals surface area contributed by atoms with E-state index < -0.39 is 23.8 Å². The topological polar surface area (TPSA) is 96.4 Å². The molecule has 0 aromatic carbocycles. The second-order valence-corrected chi connectivity index (χ2v) is 8.29. The van der Waals surface area contributed by atoms with Gasteiger partial charge in [0.25, 0.3) is 0 Å². The van der Waals surface area contributed by atoms with E-state index in [0.717, 1.165) is 31.3 Å². The zero-order chi connectivity index (χ0) is 22.3. The maximum Gasteiger partial charge on any atom is 0.303 e. The molecular weight excluding hydrogens is 384 g/mol. The molecule has 3 atom stereocenters. The van der Waals surface area contributed by atoms with Crippen LogP contribution in [0.4, 0.5) is 0 Å². The number of aliphatic hydroxyl groups excluding tert-OH is 2. The first-order valence-electron chi connectivity index (χ1n) is 10.5. The molecule has 2 N–H and O–H groups in total. The molecule has 0 aromatic rings. The third kappa shape index (κ3) is 6.24. The molecule has 0 bridgehead atoms. The van der Waals surface area contributed by atoms with Gasteiger partial charge in [0.15, 0.2) is 17.5 Å². The van der Waals surface area contributed by atoms with Gasteiger partial charge in [0, 0.05) is 18.9 Å². The van der Waals surface area contributed by atoms with Crippen LogP contribution in [0.15, 0.2) is 46.6 Å². The first kappa shape index (κ1) is 24.3. The molecule has 6 nitrogen and oxygen atoms in total. The molecule has 6 heteroatoms. The average molecular weight is 419 g/mol. The highest BCUT2D eigenvalue weighted by molar-refractivity contribution is 6.02. The normalized spacial score (nSPS) is 26.9. The van der Waals surface area contributed by atoms with Crippen LogP contribution in [0, 0.1) is 0 Å². The summed E-state index contributed by atoms with van der Waals surface area (Å²) in [6, 6.07) is 0. The summed E-state index contributed by atoms with van der Waals surface area (Å²) in [5, 5.41) is 18.5. The fraction of sp³-hybridized carbons (Fsp3) is 0.583. The third-order valence-electron chi connectivity index (χ3n) is 5.66. The minimum Gasteiger partial charge on any atom is -0.455 e. The molecule has 0 aromatic heterocycles. The zero-order valence-electron chi connectivity index (χ0n) is 18.4. The summed E-state index contributed by atoms with van der Waals surface area (Å²) >= 11 is 0. The van der Waals surface area contributed by atoms with Crippen molar-refractivity contribution < 1.29 is 29.3 Å². The van der Waals surface area contributed by atoms with Crippen LogP contribution in [0.5, 0.6) is 0 Å². The lowest BCUT2D eigenvalue weighted by atomic mass is 9.83. The zero-order valence-corrected chi connectivity index (χ0v) is 18.4. The maximum atomic E-state index is 12.5. The number of fused-ring (bicyclic) bond motifs is 1. The van der Waals surface area contributed by atoms with Crippen LogP contribution in [0.3, 0.4) is 0 Å². The van der Waals surface area contributed by atoms with E-state index in [9.17, 15) is 14.7 Å². The van der Waals surface area contributed by atoms with Crippen molar-refractivity contribution in [3.8, 4) is 0 Å². The van der Waals surface area contributed by atoms with Crippen LogP contribution in [0.1, 0.15) is 59.8 Å². The summed E-state index contributed by atoms with van der Waals surface area (Å²) in [5.41, 5.74) is 2.91. The average Bonchev–Trinajstić information content (AvgIpc) is 3.44. The molecule has 0 spiro atoms. The molecule has 2 rings (SSSR count). The minimum absolute atomic E-state index is 0.111. The van der Waals surface area contributed by atoms with Crippen LogP contribution in [0.2, 0.25) is 0 Å². The van der Waals surface area contributed by atoms with Gasteiger partial charge in [0.2, 0.25) is 0 Å². The minimum atomic E-state index is -0.970. The van der Waals surface area contributed by atoms with Gasteiger partial charge in [-0.15, -0.1) is 0 Å². The number of hydrogen-bond acceptors (Lipinski definition) is 6. The van der Waals surface area contributed by atoms with Crippen molar-refractivity contribution in [3.63, 3.8) is 0 Å². The number of carbonyl (C=O) groups excluding carboxylic acids is 2. The Morgan fingerprint density at radius 3 is 2.23 bits per heavy atom. The van der Waals surface area contributed by atoms with Crippen molar-refractivity contribution in [2.24, 2.45) is 0 Å². The van der Waals surface area contributed by atoms with Gasteiger partial charge >= 0.3 is 5.97 Å². The van der Waals surface area contributed by atoms with Gasteiger partial charge in [-0.3, -0.25) is 9.59 Å². The molecule has 2 aliphatic rings. The first-order chi connectivity index (χ1) is 14.2. The number of aliphatic hydroxyl groups is 2. The third-order valence-corrected chi connectivity index (χ3v) is 5.66. The Balaban J connectivity index is 1.88. The Hall–Kier alpha value is -2.02. The number of esters is 1. The molecule has 1 fully saturated rings. The lowest BCUT2D eigenvalue weighted by Gasteiger charge is -2.23. The van der Waals surface area contributed by atoms with Crippen molar-refractivity contribution in [3.05, 3.63) is 46.6 Å². The van der Waals surface area contributed by atoms with Crippen LogP contribution in [-0.4, -0.2) is 53.0 Å². The predicted molar refractivity (Wildman–Crippen MR) is 115 cm³/mol. The van der Waals surface area contributed by atoms with Gasteiger partial charge in [-0.2, -0.15) is 0 Å². The number of hydrogen-bond donors (Lipinski definition) is 2. The van der Waals surface area contributed by atoms with Gasteiger partial charge in [-0.25, -0.2) is 0 Å². The second kappa shape index (κ2) is 10.8. The number of epoxide rings is 1. The Bertz CT molecular complexity index is 773. The van der Waals surface area contributed by atoms with Gasteiger partial charge in [0.05, 0.1) is 13.2 Å². The Kier molecular flexibility index (Phi) is 8.77. The van der Waals surface area contributed by atoms with E-state index in [0.29, 0.717) is 12.0 Å². The highest BCUT2D eigenvalue weighted by atomic mass is 16.7. The van der Waals surface area contributed by atoms with Crippen molar-refractivity contribution in [2.75, 3.05) is 13.2 Å². The number of rotatable bonds is 11. The van der Waals surface area contributed by atoms with E-state index in [1.165, 1.54) is 24.1 Å². The van der Waals surface area contributed by atoms with Crippen molar-refractivity contribution in [2.45, 2.75) is 77.6 Å². The largest absolute Gasteiger partial charge is 0.455 e. The Labute approximate surface area is 179 Å².